The van der Waals surface area contributed by atoms with E-state index in [0.717, 1.165) is 6.42 Å². The average Bonchev–Trinajstić information content (AvgIpc) is 2.35. The van der Waals surface area contributed by atoms with Crippen molar-refractivity contribution in [3.8, 4) is 0 Å². The minimum atomic E-state index is -2.57. The van der Waals surface area contributed by atoms with Gasteiger partial charge in [-0.2, -0.15) is 0 Å². The molecule has 0 radical (unpaired) electrons. The summed E-state index contributed by atoms with van der Waals surface area (Å²) in [5.74, 6) is -0.872. The zero-order valence-electron chi connectivity index (χ0n) is 12.4. The predicted octanol–water partition coefficient (Wildman–Crippen LogP) is 2.85. The molecule has 0 bridgehead atoms. The first-order chi connectivity index (χ1) is 9.01. The van der Waals surface area contributed by atoms with Crippen LogP contribution in [0, 0.1) is 0 Å². The highest BCUT2D eigenvalue weighted by Gasteiger charge is 2.39. The van der Waals surface area contributed by atoms with Crippen molar-refractivity contribution in [2.75, 3.05) is 19.8 Å². The Morgan fingerprint density at radius 2 is 1.58 bits per heavy atom. The normalized spacial score (nSPS) is 12.7. The molecule has 0 aromatic rings. The van der Waals surface area contributed by atoms with Crippen LogP contribution in [0.5, 0.6) is 0 Å². The molecule has 0 rings (SSSR count). The molecule has 0 amide bonds. The van der Waals surface area contributed by atoms with Crippen molar-refractivity contribution in [3.05, 3.63) is 11.6 Å². The molecular weight excluding hydrogens is 264 g/mol. The molecular formula is C13H26O5Si. The standard InChI is InChI=1S/C13H26O5Si/c1-5-16-19(17-6-2,18-7-3)11-9-8-10-12(4)13(14)15/h10H,5-9,11H2,1-4H3,(H,14,15). The summed E-state index contributed by atoms with van der Waals surface area (Å²) in [6.45, 7) is 9.07. The Bertz CT molecular complexity index is 274. The van der Waals surface area contributed by atoms with Crippen LogP contribution in [0.1, 0.15) is 40.5 Å². The molecule has 6 heteroatoms. The van der Waals surface area contributed by atoms with Gasteiger partial charge >= 0.3 is 14.8 Å². The van der Waals surface area contributed by atoms with Gasteiger partial charge in [0.2, 0.25) is 0 Å². The number of hydrogen-bond acceptors (Lipinski definition) is 4. The second-order valence-electron chi connectivity index (χ2n) is 4.07. The second kappa shape index (κ2) is 10.1. The van der Waals surface area contributed by atoms with E-state index in [9.17, 15) is 4.79 Å². The fourth-order valence-corrected chi connectivity index (χ4v) is 4.37. The van der Waals surface area contributed by atoms with Gasteiger partial charge in [0.15, 0.2) is 0 Å². The van der Waals surface area contributed by atoms with Crippen LogP contribution in [0.3, 0.4) is 0 Å². The van der Waals surface area contributed by atoms with Gasteiger partial charge in [-0.25, -0.2) is 4.79 Å². The van der Waals surface area contributed by atoms with E-state index < -0.39 is 14.8 Å². The Labute approximate surface area is 116 Å². The summed E-state index contributed by atoms with van der Waals surface area (Å²) in [7, 11) is -2.57. The third kappa shape index (κ3) is 7.46. The maximum Gasteiger partial charge on any atom is 0.500 e. The molecule has 19 heavy (non-hydrogen) atoms. The highest BCUT2D eigenvalue weighted by molar-refractivity contribution is 6.60. The van der Waals surface area contributed by atoms with Crippen LogP contribution in [0.4, 0.5) is 0 Å². The molecule has 0 spiro atoms. The Morgan fingerprint density at radius 3 is 1.95 bits per heavy atom. The number of carboxylic acids is 1. The van der Waals surface area contributed by atoms with E-state index in [1.54, 1.807) is 13.0 Å². The maximum absolute atomic E-state index is 10.7. The zero-order chi connectivity index (χ0) is 14.7. The number of carboxylic acid groups (broad SMARTS) is 1. The summed E-state index contributed by atoms with van der Waals surface area (Å²) in [5.41, 5.74) is 0.372. The molecule has 0 aliphatic rings. The van der Waals surface area contributed by atoms with E-state index in [-0.39, 0.29) is 0 Å². The van der Waals surface area contributed by atoms with Crippen LogP contribution in [-0.2, 0) is 18.1 Å². The first kappa shape index (κ1) is 18.3. The lowest BCUT2D eigenvalue weighted by Gasteiger charge is -2.28. The van der Waals surface area contributed by atoms with Gasteiger partial charge in [-0.15, -0.1) is 0 Å². The van der Waals surface area contributed by atoms with Crippen molar-refractivity contribution in [3.63, 3.8) is 0 Å². The van der Waals surface area contributed by atoms with Gasteiger partial charge in [0.05, 0.1) is 0 Å². The molecule has 0 fully saturated rings. The lowest BCUT2D eigenvalue weighted by Crippen LogP contribution is -2.45. The van der Waals surface area contributed by atoms with Crippen molar-refractivity contribution < 1.29 is 23.2 Å². The van der Waals surface area contributed by atoms with Crippen LogP contribution >= 0.6 is 0 Å². The maximum atomic E-state index is 10.7. The van der Waals surface area contributed by atoms with Gasteiger partial charge in [-0.05, 0) is 40.5 Å². The first-order valence-corrected chi connectivity index (χ1v) is 8.76. The van der Waals surface area contributed by atoms with Gasteiger partial charge in [0.25, 0.3) is 0 Å². The summed E-state index contributed by atoms with van der Waals surface area (Å²) in [4.78, 5) is 10.7. The van der Waals surface area contributed by atoms with Crippen LogP contribution in [0.25, 0.3) is 0 Å². The largest absolute Gasteiger partial charge is 0.500 e. The summed E-state index contributed by atoms with van der Waals surface area (Å²) < 4.78 is 17.2. The number of allylic oxidation sites excluding steroid dienone is 1. The van der Waals surface area contributed by atoms with Gasteiger partial charge < -0.3 is 18.4 Å². The lowest BCUT2D eigenvalue weighted by atomic mass is 10.2. The molecule has 0 aromatic heterocycles. The zero-order valence-corrected chi connectivity index (χ0v) is 13.4. The highest BCUT2D eigenvalue weighted by atomic mass is 28.4. The van der Waals surface area contributed by atoms with Crippen molar-refractivity contribution in [1.29, 1.82) is 0 Å². The summed E-state index contributed by atoms with van der Waals surface area (Å²) in [5, 5.41) is 8.76. The lowest BCUT2D eigenvalue weighted by molar-refractivity contribution is -0.132. The van der Waals surface area contributed by atoms with Crippen LogP contribution in [0.15, 0.2) is 11.6 Å². The number of carbonyl (C=O) groups is 1. The second-order valence-corrected chi connectivity index (χ2v) is 6.80. The predicted molar refractivity (Wildman–Crippen MR) is 76.1 cm³/mol. The van der Waals surface area contributed by atoms with Crippen molar-refractivity contribution in [1.82, 2.24) is 0 Å². The van der Waals surface area contributed by atoms with Crippen LogP contribution in [0.2, 0.25) is 6.04 Å². The van der Waals surface area contributed by atoms with Gasteiger partial charge in [-0.1, -0.05) is 6.08 Å². The van der Waals surface area contributed by atoms with Crippen molar-refractivity contribution in [2.24, 2.45) is 0 Å². The SMILES string of the molecule is CCO[Si](CCCC=C(C)C(=O)O)(OCC)OCC. The Morgan fingerprint density at radius 1 is 1.11 bits per heavy atom. The Balaban J connectivity index is 4.39. The quantitative estimate of drug-likeness (QED) is 0.360. The molecule has 112 valence electrons. The van der Waals surface area contributed by atoms with E-state index in [1.807, 2.05) is 20.8 Å². The van der Waals surface area contributed by atoms with Gasteiger partial charge in [0.1, 0.15) is 0 Å². The Kier molecular flexibility index (Phi) is 9.77. The van der Waals surface area contributed by atoms with Gasteiger partial charge in [0, 0.05) is 31.4 Å². The van der Waals surface area contributed by atoms with Crippen LogP contribution < -0.4 is 0 Å². The van der Waals surface area contributed by atoms with E-state index >= 15 is 0 Å². The molecule has 0 aliphatic heterocycles. The number of unbranched alkanes of at least 4 members (excludes halogenated alkanes) is 1. The monoisotopic (exact) mass is 290 g/mol. The minimum Gasteiger partial charge on any atom is -0.478 e. The molecule has 0 aliphatic carbocycles. The number of aliphatic carboxylic acids is 1. The van der Waals surface area contributed by atoms with Crippen LogP contribution in [-0.4, -0.2) is 39.7 Å². The molecule has 0 saturated carbocycles. The minimum absolute atomic E-state index is 0.372. The van der Waals surface area contributed by atoms with Crippen molar-refractivity contribution >= 4 is 14.8 Å². The molecule has 0 unspecified atom stereocenters. The molecule has 0 heterocycles. The number of rotatable bonds is 11. The topological polar surface area (TPSA) is 65.0 Å². The molecule has 0 atom stereocenters. The third-order valence-electron chi connectivity index (χ3n) is 2.57. The fourth-order valence-electron chi connectivity index (χ4n) is 1.73. The first-order valence-electron chi connectivity index (χ1n) is 6.83. The average molecular weight is 290 g/mol. The smallest absolute Gasteiger partial charge is 0.478 e. The fraction of sp³-hybridized carbons (Fsp3) is 0.769. The van der Waals surface area contributed by atoms with Gasteiger partial charge in [-0.3, -0.25) is 0 Å². The molecule has 1 N–H and O–H groups in total. The molecule has 0 aromatic carbocycles. The van der Waals surface area contributed by atoms with E-state index in [4.69, 9.17) is 18.4 Å². The van der Waals surface area contributed by atoms with E-state index in [0.29, 0.717) is 37.9 Å². The highest BCUT2D eigenvalue weighted by Crippen LogP contribution is 2.19. The number of hydrogen-bond donors (Lipinski definition) is 1. The van der Waals surface area contributed by atoms with Crippen molar-refractivity contribution in [2.45, 2.75) is 46.6 Å². The van der Waals surface area contributed by atoms with E-state index in [2.05, 4.69) is 0 Å². The molecule has 5 nitrogen and oxygen atoms in total. The van der Waals surface area contributed by atoms with E-state index in [1.165, 1.54) is 0 Å². The Hall–Kier alpha value is -0.693. The third-order valence-corrected chi connectivity index (χ3v) is 5.72. The molecule has 0 saturated heterocycles. The summed E-state index contributed by atoms with van der Waals surface area (Å²) >= 11 is 0. The summed E-state index contributed by atoms with van der Waals surface area (Å²) in [6.07, 6.45) is 3.22. The summed E-state index contributed by atoms with van der Waals surface area (Å²) in [6, 6.07) is 0.714.